The highest BCUT2D eigenvalue weighted by Gasteiger charge is 2.16. The van der Waals surface area contributed by atoms with Gasteiger partial charge in [-0.2, -0.15) is 10.2 Å². The van der Waals surface area contributed by atoms with Gasteiger partial charge in [-0.25, -0.2) is 0 Å². The summed E-state index contributed by atoms with van der Waals surface area (Å²) in [5.74, 6) is -0.0298. The molecule has 0 spiro atoms. The first-order valence-corrected chi connectivity index (χ1v) is 7.44. The average Bonchev–Trinajstić information content (AvgIpc) is 2.77. The number of amides is 1. The van der Waals surface area contributed by atoms with Crippen LogP contribution in [0.5, 0.6) is 0 Å². The molecule has 6 heteroatoms. The van der Waals surface area contributed by atoms with E-state index in [2.05, 4.69) is 26.1 Å². The van der Waals surface area contributed by atoms with Crippen molar-refractivity contribution in [3.63, 3.8) is 0 Å². The van der Waals surface area contributed by atoms with E-state index in [1.165, 1.54) is 0 Å². The van der Waals surface area contributed by atoms with Crippen LogP contribution >= 0.6 is 27.3 Å². The molecule has 100 valence electrons. The summed E-state index contributed by atoms with van der Waals surface area (Å²) in [7, 11) is 1.79. The summed E-state index contributed by atoms with van der Waals surface area (Å²) in [5, 5.41) is 9.97. The van der Waals surface area contributed by atoms with Gasteiger partial charge in [0.25, 0.3) is 5.91 Å². The number of hydrogen-bond donors (Lipinski definition) is 0. The Balaban J connectivity index is 2.16. The summed E-state index contributed by atoms with van der Waals surface area (Å²) in [4.78, 5) is 14.1. The summed E-state index contributed by atoms with van der Waals surface area (Å²) in [6, 6.07) is 3.81. The average molecular weight is 340 g/mol. The van der Waals surface area contributed by atoms with Crippen LogP contribution in [0, 0.1) is 13.8 Å². The molecule has 0 aliphatic rings. The van der Waals surface area contributed by atoms with Gasteiger partial charge in [0.15, 0.2) is 0 Å². The van der Waals surface area contributed by atoms with Crippen molar-refractivity contribution in [2.24, 2.45) is 0 Å². The van der Waals surface area contributed by atoms with Crippen molar-refractivity contribution in [3.05, 3.63) is 43.8 Å². The molecule has 19 heavy (non-hydrogen) atoms. The first-order chi connectivity index (χ1) is 8.97. The summed E-state index contributed by atoms with van der Waals surface area (Å²) >= 11 is 5.04. The topological polar surface area (TPSA) is 46.1 Å². The monoisotopic (exact) mass is 339 g/mol. The number of halogens is 1. The number of thiophene rings is 1. The molecule has 2 aromatic heterocycles. The van der Waals surface area contributed by atoms with Gasteiger partial charge in [0.05, 0.1) is 20.7 Å². The summed E-state index contributed by atoms with van der Waals surface area (Å²) < 4.78 is 1.07. The number of rotatable bonds is 3. The van der Waals surface area contributed by atoms with Crippen molar-refractivity contribution in [1.82, 2.24) is 15.1 Å². The van der Waals surface area contributed by atoms with Crippen molar-refractivity contribution < 1.29 is 4.79 Å². The van der Waals surface area contributed by atoms with Crippen molar-refractivity contribution >= 4 is 33.2 Å². The Kier molecular flexibility index (Phi) is 4.31. The first kappa shape index (κ1) is 14.1. The summed E-state index contributed by atoms with van der Waals surface area (Å²) in [6.07, 6.45) is 0. The van der Waals surface area contributed by atoms with E-state index in [-0.39, 0.29) is 5.91 Å². The van der Waals surface area contributed by atoms with E-state index in [1.54, 1.807) is 36.3 Å². The summed E-state index contributed by atoms with van der Waals surface area (Å²) in [5.41, 5.74) is 3.14. The quantitative estimate of drug-likeness (QED) is 0.862. The molecule has 4 nitrogen and oxygen atoms in total. The minimum absolute atomic E-state index is 0.0298. The number of carbonyl (C=O) groups excluding carboxylic acids is 1. The van der Waals surface area contributed by atoms with Crippen LogP contribution in [0.1, 0.15) is 27.3 Å². The van der Waals surface area contributed by atoms with Crippen LogP contribution < -0.4 is 0 Å². The zero-order valence-corrected chi connectivity index (χ0v) is 13.4. The van der Waals surface area contributed by atoms with E-state index < -0.39 is 0 Å². The third-order valence-corrected chi connectivity index (χ3v) is 4.27. The second kappa shape index (κ2) is 5.79. The van der Waals surface area contributed by atoms with E-state index in [0.29, 0.717) is 17.8 Å². The molecular weight excluding hydrogens is 326 g/mol. The van der Waals surface area contributed by atoms with Crippen molar-refractivity contribution in [2.75, 3.05) is 7.05 Å². The molecule has 2 heterocycles. The Labute approximate surface area is 124 Å². The predicted octanol–water partition coefficient (Wildman–Crippen LogP) is 3.19. The second-order valence-corrected chi connectivity index (χ2v) is 6.70. The molecule has 1 amide bonds. The van der Waals surface area contributed by atoms with Crippen LogP contribution in [0.3, 0.4) is 0 Å². The van der Waals surface area contributed by atoms with E-state index in [4.69, 9.17) is 0 Å². The Bertz CT molecular complexity index is 612. The molecule has 0 N–H and O–H groups in total. The highest BCUT2D eigenvalue weighted by molar-refractivity contribution is 9.11. The number of aromatic nitrogens is 2. The van der Waals surface area contributed by atoms with Crippen molar-refractivity contribution in [2.45, 2.75) is 20.4 Å². The summed E-state index contributed by atoms with van der Waals surface area (Å²) in [6.45, 7) is 4.22. The zero-order valence-electron chi connectivity index (χ0n) is 11.0. The molecule has 0 atom stereocenters. The van der Waals surface area contributed by atoms with Crippen LogP contribution in [0.25, 0.3) is 0 Å². The molecule has 0 radical (unpaired) electrons. The van der Waals surface area contributed by atoms with Crippen LogP contribution in [0.2, 0.25) is 0 Å². The molecule has 0 unspecified atom stereocenters. The molecule has 0 aliphatic heterocycles. The lowest BCUT2D eigenvalue weighted by Crippen LogP contribution is -2.27. The van der Waals surface area contributed by atoms with Gasteiger partial charge in [0.1, 0.15) is 0 Å². The Morgan fingerprint density at radius 1 is 1.37 bits per heavy atom. The zero-order chi connectivity index (χ0) is 14.0. The maximum Gasteiger partial charge on any atom is 0.255 e. The molecule has 0 saturated heterocycles. The van der Waals surface area contributed by atoms with Crippen LogP contribution in [0.4, 0.5) is 0 Å². The third-order valence-electron chi connectivity index (χ3n) is 2.72. The minimum Gasteiger partial charge on any atom is -0.337 e. The highest BCUT2D eigenvalue weighted by Crippen LogP contribution is 2.22. The molecule has 0 bridgehead atoms. The third kappa shape index (κ3) is 3.39. The van der Waals surface area contributed by atoms with Gasteiger partial charge in [-0.1, -0.05) is 0 Å². The van der Waals surface area contributed by atoms with E-state index >= 15 is 0 Å². The molecule has 0 aliphatic carbocycles. The standard InChI is InChI=1S/C13H14BrN3OS/c1-8-4-11(9(2)16-15-8)13(18)17(3)6-10-5-12(14)19-7-10/h4-5,7H,6H2,1-3H3. The van der Waals surface area contributed by atoms with E-state index in [9.17, 15) is 4.79 Å². The smallest absolute Gasteiger partial charge is 0.255 e. The predicted molar refractivity (Wildman–Crippen MR) is 79.3 cm³/mol. The van der Waals surface area contributed by atoms with Gasteiger partial charge in [-0.15, -0.1) is 11.3 Å². The van der Waals surface area contributed by atoms with Gasteiger partial charge in [-0.05, 0) is 52.9 Å². The number of nitrogens with zero attached hydrogens (tertiary/aromatic N) is 3. The van der Waals surface area contributed by atoms with E-state index in [0.717, 1.165) is 15.0 Å². The number of hydrogen-bond acceptors (Lipinski definition) is 4. The molecule has 2 rings (SSSR count). The van der Waals surface area contributed by atoms with Crippen LogP contribution in [-0.2, 0) is 6.54 Å². The fourth-order valence-corrected chi connectivity index (χ4v) is 2.95. The van der Waals surface area contributed by atoms with Crippen LogP contribution in [0.15, 0.2) is 21.3 Å². The fraction of sp³-hybridized carbons (Fsp3) is 0.308. The lowest BCUT2D eigenvalue weighted by Gasteiger charge is -2.17. The molecule has 2 aromatic rings. The lowest BCUT2D eigenvalue weighted by atomic mass is 10.1. The number of aryl methyl sites for hydroxylation is 2. The SMILES string of the molecule is Cc1cc(C(=O)N(C)Cc2csc(Br)c2)c(C)nn1. The second-order valence-electron chi connectivity index (χ2n) is 4.41. The van der Waals surface area contributed by atoms with Gasteiger partial charge in [0, 0.05) is 13.6 Å². The fourth-order valence-electron chi connectivity index (χ4n) is 1.75. The molecule has 0 saturated carbocycles. The van der Waals surface area contributed by atoms with E-state index in [1.807, 2.05) is 18.4 Å². The molecule has 0 aromatic carbocycles. The van der Waals surface area contributed by atoms with Gasteiger partial charge >= 0.3 is 0 Å². The Morgan fingerprint density at radius 2 is 2.11 bits per heavy atom. The largest absolute Gasteiger partial charge is 0.337 e. The number of carbonyl (C=O) groups is 1. The Hall–Kier alpha value is -1.27. The molecular formula is C13H14BrN3OS. The lowest BCUT2D eigenvalue weighted by molar-refractivity contribution is 0.0783. The van der Waals surface area contributed by atoms with Crippen molar-refractivity contribution in [3.8, 4) is 0 Å². The van der Waals surface area contributed by atoms with Gasteiger partial charge in [-0.3, -0.25) is 4.79 Å². The molecule has 0 fully saturated rings. The van der Waals surface area contributed by atoms with Crippen LogP contribution in [-0.4, -0.2) is 28.1 Å². The highest BCUT2D eigenvalue weighted by atomic mass is 79.9. The van der Waals surface area contributed by atoms with Crippen molar-refractivity contribution in [1.29, 1.82) is 0 Å². The maximum atomic E-state index is 12.4. The Morgan fingerprint density at radius 3 is 2.74 bits per heavy atom. The first-order valence-electron chi connectivity index (χ1n) is 5.76. The minimum atomic E-state index is -0.0298. The van der Waals surface area contributed by atoms with Gasteiger partial charge < -0.3 is 4.90 Å². The van der Waals surface area contributed by atoms with Gasteiger partial charge in [0.2, 0.25) is 0 Å². The maximum absolute atomic E-state index is 12.4. The normalized spacial score (nSPS) is 10.5.